The van der Waals surface area contributed by atoms with Crippen LogP contribution in [0.4, 0.5) is 0 Å². The maximum absolute atomic E-state index is 6.06. The van der Waals surface area contributed by atoms with E-state index in [1.54, 1.807) is 6.20 Å². The normalized spacial score (nSPS) is 21.2. The van der Waals surface area contributed by atoms with Gasteiger partial charge in [-0.05, 0) is 18.6 Å². The first-order chi connectivity index (χ1) is 12.7. The number of ether oxygens (including phenoxy) is 1. The Balaban J connectivity index is 1.44. The largest absolute Gasteiger partial charge is 0.422 e. The van der Waals surface area contributed by atoms with E-state index in [1.165, 1.54) is 5.56 Å². The zero-order valence-corrected chi connectivity index (χ0v) is 15.1. The first-order valence-corrected chi connectivity index (χ1v) is 8.88. The van der Waals surface area contributed by atoms with Crippen LogP contribution in [0.3, 0.4) is 0 Å². The van der Waals surface area contributed by atoms with Crippen molar-refractivity contribution >= 4 is 0 Å². The first kappa shape index (κ1) is 16.9. The highest BCUT2D eigenvalue weighted by Gasteiger charge is 2.30. The molecule has 3 heterocycles. The minimum absolute atomic E-state index is 0.116. The van der Waals surface area contributed by atoms with Crippen molar-refractivity contribution in [1.82, 2.24) is 24.9 Å². The van der Waals surface area contributed by atoms with Gasteiger partial charge in [0.25, 0.3) is 0 Å². The van der Waals surface area contributed by atoms with Gasteiger partial charge < -0.3 is 9.15 Å². The van der Waals surface area contributed by atoms with E-state index in [1.807, 2.05) is 23.9 Å². The molecule has 26 heavy (non-hydrogen) atoms. The Bertz CT molecular complexity index is 845. The maximum atomic E-state index is 6.06. The summed E-state index contributed by atoms with van der Waals surface area (Å²) in [5.41, 5.74) is 2.33. The summed E-state index contributed by atoms with van der Waals surface area (Å²) in [6.07, 6.45) is 2.25. The highest BCUT2D eigenvalue weighted by atomic mass is 16.5. The van der Waals surface area contributed by atoms with Crippen LogP contribution < -0.4 is 0 Å². The zero-order chi connectivity index (χ0) is 17.9. The third-order valence-corrected chi connectivity index (χ3v) is 4.60. The number of nitrogens with zero attached hydrogens (tertiary/aromatic N) is 5. The molecule has 4 rings (SSSR count). The average Bonchev–Trinajstić information content (AvgIpc) is 3.25. The van der Waals surface area contributed by atoms with Crippen molar-refractivity contribution < 1.29 is 9.15 Å². The highest BCUT2D eigenvalue weighted by molar-refractivity contribution is 5.14. The maximum Gasteiger partial charge on any atom is 0.246 e. The van der Waals surface area contributed by atoms with Gasteiger partial charge in [-0.3, -0.25) is 9.58 Å². The van der Waals surface area contributed by atoms with E-state index in [0.717, 1.165) is 25.3 Å². The van der Waals surface area contributed by atoms with Crippen LogP contribution in [0.25, 0.3) is 0 Å². The molecule has 1 aliphatic rings. The van der Waals surface area contributed by atoms with Gasteiger partial charge in [0.15, 0.2) is 0 Å². The lowest BCUT2D eigenvalue weighted by molar-refractivity contribution is -0.0918. The molecule has 2 aromatic heterocycles. The van der Waals surface area contributed by atoms with E-state index in [9.17, 15) is 0 Å². The van der Waals surface area contributed by atoms with E-state index >= 15 is 0 Å². The molecule has 1 fully saturated rings. The molecule has 2 atom stereocenters. The second-order valence-corrected chi connectivity index (χ2v) is 6.77. The second kappa shape index (κ2) is 7.39. The van der Waals surface area contributed by atoms with Crippen molar-refractivity contribution in [3.63, 3.8) is 0 Å². The fourth-order valence-corrected chi connectivity index (χ4v) is 3.34. The number of morpholine rings is 1. The Kier molecular flexibility index (Phi) is 4.81. The first-order valence-electron chi connectivity index (χ1n) is 8.88. The predicted molar refractivity (Wildman–Crippen MR) is 95.3 cm³/mol. The molecule has 136 valence electrons. The van der Waals surface area contributed by atoms with Gasteiger partial charge in [-0.15, -0.1) is 10.2 Å². The van der Waals surface area contributed by atoms with E-state index in [-0.39, 0.29) is 12.2 Å². The third kappa shape index (κ3) is 3.84. The molecule has 0 unspecified atom stereocenters. The monoisotopic (exact) mass is 353 g/mol. The Morgan fingerprint density at radius 2 is 1.96 bits per heavy atom. The lowest BCUT2D eigenvalue weighted by Crippen LogP contribution is -2.42. The molecule has 0 amide bonds. The van der Waals surface area contributed by atoms with Crippen molar-refractivity contribution in [2.24, 2.45) is 7.05 Å². The van der Waals surface area contributed by atoms with Crippen molar-refractivity contribution in [2.45, 2.75) is 32.1 Å². The molecule has 0 saturated carbocycles. The van der Waals surface area contributed by atoms with Crippen LogP contribution in [0.5, 0.6) is 0 Å². The standard InChI is InChI=1S/C19H23N5O2/c1-14-11-24(12-15-6-4-3-5-7-15)13-17(25-14)19-22-21-18(26-19)10-16-8-9-20-23(16)2/h3-9,14,17H,10-13H2,1-2H3/t14-,17-/m1/s1. The molecule has 0 bridgehead atoms. The van der Waals surface area contributed by atoms with Gasteiger partial charge in [0.05, 0.1) is 12.5 Å². The van der Waals surface area contributed by atoms with Gasteiger partial charge in [-0.2, -0.15) is 5.10 Å². The topological polar surface area (TPSA) is 69.2 Å². The molecule has 0 N–H and O–H groups in total. The molecule has 7 nitrogen and oxygen atoms in total. The Morgan fingerprint density at radius 1 is 1.12 bits per heavy atom. The van der Waals surface area contributed by atoms with Crippen molar-refractivity contribution in [1.29, 1.82) is 0 Å². The third-order valence-electron chi connectivity index (χ3n) is 4.60. The Labute approximate surface area is 152 Å². The van der Waals surface area contributed by atoms with Crippen LogP contribution in [0.15, 0.2) is 47.0 Å². The smallest absolute Gasteiger partial charge is 0.246 e. The van der Waals surface area contributed by atoms with Crippen molar-refractivity contribution in [3.05, 3.63) is 65.6 Å². The molecule has 7 heteroatoms. The van der Waals surface area contributed by atoms with Gasteiger partial charge in [-0.1, -0.05) is 30.3 Å². The quantitative estimate of drug-likeness (QED) is 0.701. The summed E-state index contributed by atoms with van der Waals surface area (Å²) in [4.78, 5) is 2.37. The summed E-state index contributed by atoms with van der Waals surface area (Å²) in [5.74, 6) is 1.13. The van der Waals surface area contributed by atoms with Gasteiger partial charge in [-0.25, -0.2) is 0 Å². The van der Waals surface area contributed by atoms with Crippen LogP contribution in [0.1, 0.15) is 36.1 Å². The SMILES string of the molecule is C[C@@H]1CN(Cc2ccccc2)C[C@H](c2nnc(Cc3ccnn3C)o2)O1. The lowest BCUT2D eigenvalue weighted by atomic mass is 10.1. The summed E-state index contributed by atoms with van der Waals surface area (Å²) in [5, 5.41) is 12.6. The minimum atomic E-state index is -0.199. The van der Waals surface area contributed by atoms with Gasteiger partial charge in [0.2, 0.25) is 11.8 Å². The van der Waals surface area contributed by atoms with Crippen LogP contribution >= 0.6 is 0 Å². The van der Waals surface area contributed by atoms with E-state index in [4.69, 9.17) is 9.15 Å². The van der Waals surface area contributed by atoms with Crippen LogP contribution in [-0.4, -0.2) is 44.1 Å². The summed E-state index contributed by atoms with van der Waals surface area (Å²) < 4.78 is 13.8. The van der Waals surface area contributed by atoms with Gasteiger partial charge in [0.1, 0.15) is 6.10 Å². The molecule has 1 saturated heterocycles. The lowest BCUT2D eigenvalue weighted by Gasteiger charge is -2.35. The van der Waals surface area contributed by atoms with E-state index in [0.29, 0.717) is 18.2 Å². The Morgan fingerprint density at radius 3 is 2.73 bits per heavy atom. The number of hydrogen-bond acceptors (Lipinski definition) is 6. The molecule has 0 spiro atoms. The highest BCUT2D eigenvalue weighted by Crippen LogP contribution is 2.25. The molecule has 0 aliphatic carbocycles. The predicted octanol–water partition coefficient (Wildman–Crippen LogP) is 2.36. The number of benzene rings is 1. The van der Waals surface area contributed by atoms with Crippen molar-refractivity contribution in [2.75, 3.05) is 13.1 Å². The summed E-state index contributed by atoms with van der Waals surface area (Å²) in [7, 11) is 1.90. The number of hydrogen-bond donors (Lipinski definition) is 0. The molecule has 0 radical (unpaired) electrons. The summed E-state index contributed by atoms with van der Waals surface area (Å²) in [6, 6.07) is 12.4. The van der Waals surface area contributed by atoms with Gasteiger partial charge in [0, 0.05) is 38.6 Å². The van der Waals surface area contributed by atoms with Gasteiger partial charge >= 0.3 is 0 Å². The molecule has 3 aromatic rings. The zero-order valence-electron chi connectivity index (χ0n) is 15.1. The number of aromatic nitrogens is 4. The average molecular weight is 353 g/mol. The molecule has 1 aromatic carbocycles. The minimum Gasteiger partial charge on any atom is -0.422 e. The fraction of sp³-hybridized carbons (Fsp3) is 0.421. The van der Waals surface area contributed by atoms with Crippen LogP contribution in [-0.2, 0) is 24.8 Å². The molecular formula is C19H23N5O2. The van der Waals surface area contributed by atoms with Crippen molar-refractivity contribution in [3.8, 4) is 0 Å². The fourth-order valence-electron chi connectivity index (χ4n) is 3.34. The molecular weight excluding hydrogens is 330 g/mol. The second-order valence-electron chi connectivity index (χ2n) is 6.77. The van der Waals surface area contributed by atoms with Crippen LogP contribution in [0, 0.1) is 0 Å². The van der Waals surface area contributed by atoms with Crippen LogP contribution in [0.2, 0.25) is 0 Å². The summed E-state index contributed by atoms with van der Waals surface area (Å²) in [6.45, 7) is 4.60. The summed E-state index contributed by atoms with van der Waals surface area (Å²) >= 11 is 0. The number of aryl methyl sites for hydroxylation is 1. The Hall–Kier alpha value is -2.51. The van der Waals surface area contributed by atoms with E-state index < -0.39 is 0 Å². The van der Waals surface area contributed by atoms with E-state index in [2.05, 4.69) is 51.4 Å². The molecule has 1 aliphatic heterocycles. The number of rotatable bonds is 5.